The van der Waals surface area contributed by atoms with Crippen molar-refractivity contribution in [2.75, 3.05) is 18.0 Å². The zero-order valence-corrected chi connectivity index (χ0v) is 18.8. The van der Waals surface area contributed by atoms with Crippen molar-refractivity contribution in [2.24, 2.45) is 0 Å². The van der Waals surface area contributed by atoms with Crippen molar-refractivity contribution in [1.29, 1.82) is 0 Å². The summed E-state index contributed by atoms with van der Waals surface area (Å²) in [5, 5.41) is 1.07. The van der Waals surface area contributed by atoms with E-state index in [0.717, 1.165) is 71.0 Å². The highest BCUT2D eigenvalue weighted by atomic mass is 35.5. The lowest BCUT2D eigenvalue weighted by Crippen LogP contribution is -2.37. The summed E-state index contributed by atoms with van der Waals surface area (Å²) in [5.41, 5.74) is 5.08. The molecule has 5 aromatic rings. The van der Waals surface area contributed by atoms with E-state index in [2.05, 4.69) is 43.0 Å². The number of rotatable bonds is 3. The normalized spacial score (nSPS) is 15.1. The number of aromatic nitrogens is 5. The summed E-state index contributed by atoms with van der Waals surface area (Å²) < 4.78 is 0. The molecule has 0 spiro atoms. The summed E-state index contributed by atoms with van der Waals surface area (Å²) in [4.78, 5) is 21.1. The Morgan fingerprint density at radius 1 is 0.938 bits per heavy atom. The van der Waals surface area contributed by atoms with E-state index in [0.29, 0.717) is 16.0 Å². The van der Waals surface area contributed by atoms with Crippen LogP contribution in [0.25, 0.3) is 33.5 Å². The van der Waals surface area contributed by atoms with Crippen molar-refractivity contribution in [3.8, 4) is 11.4 Å². The van der Waals surface area contributed by atoms with Crippen molar-refractivity contribution >= 4 is 51.1 Å². The minimum Gasteiger partial charge on any atom is -0.342 e. The molecule has 1 saturated heterocycles. The summed E-state index contributed by atoms with van der Waals surface area (Å²) >= 11 is 12.4. The molecule has 0 bridgehead atoms. The number of fused-ring (bicyclic) bond motifs is 2. The van der Waals surface area contributed by atoms with Crippen LogP contribution in [0, 0.1) is 0 Å². The van der Waals surface area contributed by atoms with E-state index in [9.17, 15) is 0 Å². The number of halogens is 2. The maximum absolute atomic E-state index is 6.20. The number of benzene rings is 2. The molecule has 0 atom stereocenters. The molecule has 3 aromatic heterocycles. The largest absolute Gasteiger partial charge is 0.342 e. The zero-order chi connectivity index (χ0) is 21.7. The Bertz CT molecular complexity index is 1360. The van der Waals surface area contributed by atoms with Crippen LogP contribution < -0.4 is 14.9 Å². The molecule has 6 nitrogen and oxygen atoms in total. The van der Waals surface area contributed by atoms with Gasteiger partial charge in [0.05, 0.1) is 40.4 Å². The predicted octanol–water partition coefficient (Wildman–Crippen LogP) is 5.03. The lowest BCUT2D eigenvalue weighted by Gasteiger charge is -2.27. The highest BCUT2D eigenvalue weighted by molar-refractivity contribution is 6.42. The number of piperidine rings is 1. The fourth-order valence-corrected chi connectivity index (χ4v) is 4.95. The number of H-pyrrole nitrogens is 4. The second kappa shape index (κ2) is 7.80. The fraction of sp³-hybridized carbons (Fsp3) is 0.208. The molecule has 0 saturated carbocycles. The van der Waals surface area contributed by atoms with Crippen LogP contribution in [-0.4, -0.2) is 28.0 Å². The zero-order valence-electron chi connectivity index (χ0n) is 17.3. The summed E-state index contributed by atoms with van der Waals surface area (Å²) in [5.74, 6) is 3.55. The van der Waals surface area contributed by atoms with Gasteiger partial charge in [0.15, 0.2) is 16.6 Å². The summed E-state index contributed by atoms with van der Waals surface area (Å²) in [6, 6.07) is 16.1. The van der Waals surface area contributed by atoms with Gasteiger partial charge >= 0.3 is 0 Å². The van der Waals surface area contributed by atoms with Gasteiger partial charge in [-0.15, -0.1) is 0 Å². The van der Waals surface area contributed by atoms with Crippen LogP contribution in [-0.2, 0) is 0 Å². The summed E-state index contributed by atoms with van der Waals surface area (Å²) in [7, 11) is 0. The van der Waals surface area contributed by atoms with Gasteiger partial charge in [-0.3, -0.25) is 4.90 Å². The number of nitrogens with zero attached hydrogens (tertiary/aromatic N) is 2. The number of nitrogens with one attached hydrogen (secondary N) is 4. The molecular weight excluding hydrogens is 443 g/mol. The fourth-order valence-electron chi connectivity index (χ4n) is 4.62. The monoisotopic (exact) mass is 464 g/mol. The Morgan fingerprint density at radius 2 is 1.75 bits per heavy atom. The molecule has 0 unspecified atom stereocenters. The van der Waals surface area contributed by atoms with Gasteiger partial charge in [-0.25, -0.2) is 19.9 Å². The van der Waals surface area contributed by atoms with E-state index in [1.54, 1.807) is 0 Å². The number of anilines is 1. The second-order valence-electron chi connectivity index (χ2n) is 8.27. The molecule has 1 aliphatic heterocycles. The SMILES string of the molecule is Clc1cc2[nH]c(-c3ccc[nH+]c3N3CCC(c4nc5ccccc5[nH]4)CC3)[nH+]c2cc1Cl. The molecule has 8 heteroatoms. The Morgan fingerprint density at radius 3 is 2.59 bits per heavy atom. The minimum absolute atomic E-state index is 0.440. The quantitative estimate of drug-likeness (QED) is 0.392. The van der Waals surface area contributed by atoms with Gasteiger partial charge in [0.2, 0.25) is 0 Å². The third-order valence-corrected chi connectivity index (χ3v) is 7.01. The first-order chi connectivity index (χ1) is 15.7. The first-order valence-electron chi connectivity index (χ1n) is 10.8. The lowest BCUT2D eigenvalue weighted by atomic mass is 9.96. The van der Waals surface area contributed by atoms with Crippen molar-refractivity contribution in [3.63, 3.8) is 0 Å². The average molecular weight is 465 g/mol. The molecule has 6 rings (SSSR count). The maximum Gasteiger partial charge on any atom is 0.293 e. The van der Waals surface area contributed by atoms with Crippen molar-refractivity contribution in [2.45, 2.75) is 18.8 Å². The number of imidazole rings is 2. The molecule has 0 amide bonds. The number of aromatic amines is 4. The average Bonchev–Trinajstić information content (AvgIpc) is 3.43. The van der Waals surface area contributed by atoms with E-state index >= 15 is 0 Å². The van der Waals surface area contributed by atoms with Gasteiger partial charge in [0.25, 0.3) is 11.6 Å². The van der Waals surface area contributed by atoms with Gasteiger partial charge in [0, 0.05) is 18.1 Å². The van der Waals surface area contributed by atoms with Gasteiger partial charge < -0.3 is 4.98 Å². The molecule has 2 aromatic carbocycles. The Balaban J connectivity index is 1.27. The van der Waals surface area contributed by atoms with Crippen LogP contribution in [0.15, 0.2) is 54.7 Å². The third kappa shape index (κ3) is 3.40. The topological polar surface area (TPSA) is 76.0 Å². The van der Waals surface area contributed by atoms with E-state index < -0.39 is 0 Å². The smallest absolute Gasteiger partial charge is 0.293 e. The van der Waals surface area contributed by atoms with E-state index in [1.165, 1.54) is 0 Å². The van der Waals surface area contributed by atoms with Crippen molar-refractivity contribution < 1.29 is 9.97 Å². The summed E-state index contributed by atoms with van der Waals surface area (Å²) in [6.07, 6.45) is 4.06. The molecule has 0 radical (unpaired) electrons. The Hall–Kier alpha value is -3.09. The van der Waals surface area contributed by atoms with E-state index in [1.807, 2.05) is 36.5 Å². The molecule has 0 aliphatic carbocycles. The molecule has 160 valence electrons. The number of para-hydroxylation sites is 2. The van der Waals surface area contributed by atoms with Crippen LogP contribution in [0.1, 0.15) is 24.6 Å². The molecule has 1 aliphatic rings. The van der Waals surface area contributed by atoms with Crippen molar-refractivity contribution in [1.82, 2.24) is 15.0 Å². The molecule has 4 heterocycles. The number of hydrogen-bond acceptors (Lipinski definition) is 2. The van der Waals surface area contributed by atoms with Crippen LogP contribution in [0.2, 0.25) is 10.0 Å². The maximum atomic E-state index is 6.20. The van der Waals surface area contributed by atoms with Crippen LogP contribution in [0.4, 0.5) is 5.82 Å². The van der Waals surface area contributed by atoms with Gasteiger partial charge in [-0.2, -0.15) is 0 Å². The highest BCUT2D eigenvalue weighted by Gasteiger charge is 2.31. The van der Waals surface area contributed by atoms with Gasteiger partial charge in [-0.05, 0) is 37.1 Å². The van der Waals surface area contributed by atoms with Crippen LogP contribution >= 0.6 is 23.2 Å². The predicted molar refractivity (Wildman–Crippen MR) is 127 cm³/mol. The molecular formula is C24H22Cl2N6+2. The highest BCUT2D eigenvalue weighted by Crippen LogP contribution is 2.33. The first kappa shape index (κ1) is 19.6. The second-order valence-corrected chi connectivity index (χ2v) is 9.08. The number of hydrogen-bond donors (Lipinski definition) is 2. The molecule has 1 fully saturated rings. The molecule has 32 heavy (non-hydrogen) atoms. The third-order valence-electron chi connectivity index (χ3n) is 6.29. The van der Waals surface area contributed by atoms with E-state index in [-0.39, 0.29) is 0 Å². The summed E-state index contributed by atoms with van der Waals surface area (Å²) in [6.45, 7) is 1.90. The minimum atomic E-state index is 0.440. The lowest BCUT2D eigenvalue weighted by molar-refractivity contribution is -0.365. The molecule has 4 N–H and O–H groups in total. The Kier molecular flexibility index (Phi) is 4.77. The number of pyridine rings is 1. The van der Waals surface area contributed by atoms with Crippen LogP contribution in [0.5, 0.6) is 0 Å². The van der Waals surface area contributed by atoms with Crippen LogP contribution in [0.3, 0.4) is 0 Å². The van der Waals surface area contributed by atoms with Gasteiger partial charge in [0.1, 0.15) is 5.82 Å². The van der Waals surface area contributed by atoms with Gasteiger partial charge in [-0.1, -0.05) is 35.3 Å². The first-order valence-corrected chi connectivity index (χ1v) is 11.5. The van der Waals surface area contributed by atoms with E-state index in [4.69, 9.17) is 28.2 Å². The Labute approximate surface area is 194 Å². The standard InChI is InChI=1S/C24H20Cl2N6/c25-16-12-20-21(13-17(16)26)31-23(30-20)15-4-3-9-27-24(15)32-10-7-14(8-11-32)22-28-18-5-1-2-6-19(18)29-22/h1-6,9,12-14H,7-8,10-11H2,(H,28,29)(H,30,31)/p+2. The van der Waals surface area contributed by atoms with Crippen molar-refractivity contribution in [3.05, 3.63) is 70.6 Å².